The number of ether oxygens (including phenoxy) is 2. The molecule has 0 unspecified atom stereocenters. The third kappa shape index (κ3) is 7.46. The fourth-order valence-electron chi connectivity index (χ4n) is 3.13. The number of hydrogen-bond acceptors (Lipinski definition) is 4. The summed E-state index contributed by atoms with van der Waals surface area (Å²) in [6, 6.07) is 4.04. The number of benzene rings is 1. The Hall–Kier alpha value is -2.20. The molecular weight excluding hydrogens is 404 g/mol. The fraction of sp³-hybridized carbons (Fsp3) is 0.481. The van der Waals surface area contributed by atoms with E-state index >= 15 is 0 Å². The van der Waals surface area contributed by atoms with E-state index in [1.807, 2.05) is 65.8 Å². The second-order valence-electron chi connectivity index (χ2n) is 10.9. The van der Waals surface area contributed by atoms with Crippen molar-refractivity contribution in [1.29, 1.82) is 0 Å². The lowest BCUT2D eigenvalue weighted by molar-refractivity contribution is -0.111. The van der Waals surface area contributed by atoms with Crippen LogP contribution in [0.5, 0.6) is 11.5 Å². The van der Waals surface area contributed by atoms with Crippen molar-refractivity contribution >= 4 is 28.9 Å². The fourth-order valence-corrected chi connectivity index (χ4v) is 3.28. The summed E-state index contributed by atoms with van der Waals surface area (Å²) in [5, 5.41) is 0. The lowest BCUT2D eigenvalue weighted by Crippen LogP contribution is -2.27. The molecule has 0 aromatic heterocycles. The lowest BCUT2D eigenvalue weighted by Gasteiger charge is -2.31. The highest BCUT2D eigenvalue weighted by Gasteiger charge is 2.27. The van der Waals surface area contributed by atoms with Crippen molar-refractivity contribution in [1.82, 2.24) is 0 Å². The zero-order chi connectivity index (χ0) is 23.6. The van der Waals surface area contributed by atoms with Gasteiger partial charge in [-0.1, -0.05) is 51.2 Å². The summed E-state index contributed by atoms with van der Waals surface area (Å²) in [5.74, 6) is 1.38. The molecule has 31 heavy (non-hydrogen) atoms. The molecule has 0 radical (unpaired) electrons. The van der Waals surface area contributed by atoms with E-state index in [4.69, 9.17) is 21.7 Å². The molecule has 4 heteroatoms. The second kappa shape index (κ2) is 9.12. The quantitative estimate of drug-likeness (QED) is 0.359. The van der Waals surface area contributed by atoms with Gasteiger partial charge in [0.25, 0.3) is 0 Å². The lowest BCUT2D eigenvalue weighted by atomic mass is 9.84. The van der Waals surface area contributed by atoms with Crippen LogP contribution in [-0.2, 0) is 10.2 Å². The highest BCUT2D eigenvalue weighted by atomic mass is 32.1. The van der Waals surface area contributed by atoms with Gasteiger partial charge in [0.05, 0.1) is 5.56 Å². The van der Waals surface area contributed by atoms with Gasteiger partial charge in [-0.15, -0.1) is 0 Å². The zero-order valence-electron chi connectivity index (χ0n) is 20.4. The number of hydrogen-bond donors (Lipinski definition) is 0. The zero-order valence-corrected chi connectivity index (χ0v) is 21.2. The second-order valence-corrected chi connectivity index (χ2v) is 11.4. The molecule has 0 aliphatic heterocycles. The van der Waals surface area contributed by atoms with Crippen LogP contribution in [0.3, 0.4) is 0 Å². The van der Waals surface area contributed by atoms with E-state index in [0.717, 1.165) is 21.7 Å². The van der Waals surface area contributed by atoms with Gasteiger partial charge in [-0.05, 0) is 71.3 Å². The number of rotatable bonds is 5. The Labute approximate surface area is 193 Å². The molecule has 1 aromatic rings. The first-order chi connectivity index (χ1) is 14.1. The molecule has 1 aromatic carbocycles. The summed E-state index contributed by atoms with van der Waals surface area (Å²) in [6.45, 7) is 18.6. The van der Waals surface area contributed by atoms with E-state index in [9.17, 15) is 4.79 Å². The van der Waals surface area contributed by atoms with Crippen molar-refractivity contribution < 1.29 is 14.3 Å². The van der Waals surface area contributed by atoms with Gasteiger partial charge in [0, 0.05) is 22.4 Å². The predicted octanol–water partition coefficient (Wildman–Crippen LogP) is 7.18. The molecule has 0 atom stereocenters. The first-order valence-electron chi connectivity index (χ1n) is 10.8. The van der Waals surface area contributed by atoms with E-state index in [1.165, 1.54) is 0 Å². The number of carbonyl (C=O) groups excluding carboxylic acids is 1. The summed E-state index contributed by atoms with van der Waals surface area (Å²) < 4.78 is 12.7. The number of allylic oxidation sites excluding steroid dienone is 5. The molecule has 0 N–H and O–H groups in total. The van der Waals surface area contributed by atoms with Gasteiger partial charge in [-0.2, -0.15) is 0 Å². The number of carbonyl (C=O) groups is 1. The summed E-state index contributed by atoms with van der Waals surface area (Å²) >= 11 is 5.18. The van der Waals surface area contributed by atoms with Gasteiger partial charge in [0.2, 0.25) is 0 Å². The van der Waals surface area contributed by atoms with Crippen molar-refractivity contribution in [2.75, 3.05) is 0 Å². The van der Waals surface area contributed by atoms with E-state index in [0.29, 0.717) is 17.7 Å². The monoisotopic (exact) mass is 440 g/mol. The van der Waals surface area contributed by atoms with Gasteiger partial charge >= 0.3 is 0 Å². The normalized spacial score (nSPS) is 15.3. The van der Waals surface area contributed by atoms with E-state index < -0.39 is 5.60 Å². The first-order valence-corrected chi connectivity index (χ1v) is 11.2. The Balaban J connectivity index is 2.62. The minimum Gasteiger partial charge on any atom is -0.487 e. The van der Waals surface area contributed by atoms with Crippen LogP contribution < -0.4 is 9.47 Å². The van der Waals surface area contributed by atoms with Crippen molar-refractivity contribution in [2.24, 2.45) is 0 Å². The number of thiocarbonyl (C=S) groups is 1. The minimum atomic E-state index is -0.405. The van der Waals surface area contributed by atoms with Crippen LogP contribution in [0.25, 0.3) is 6.08 Å². The largest absolute Gasteiger partial charge is 0.487 e. The number of ketones is 1. The van der Waals surface area contributed by atoms with Crippen LogP contribution in [0.4, 0.5) is 0 Å². The summed E-state index contributed by atoms with van der Waals surface area (Å²) in [4.78, 5) is 13.7. The van der Waals surface area contributed by atoms with Crippen molar-refractivity contribution in [2.45, 2.75) is 85.4 Å². The molecule has 0 saturated heterocycles. The maximum absolute atomic E-state index is 12.8. The van der Waals surface area contributed by atoms with E-state index in [2.05, 4.69) is 26.8 Å². The average molecular weight is 441 g/mol. The maximum Gasteiger partial charge on any atom is 0.185 e. The Bertz CT molecular complexity index is 942. The van der Waals surface area contributed by atoms with Gasteiger partial charge in [0.1, 0.15) is 22.7 Å². The van der Waals surface area contributed by atoms with Crippen LogP contribution in [0.2, 0.25) is 0 Å². The molecule has 0 amide bonds. The third-order valence-corrected chi connectivity index (χ3v) is 4.75. The van der Waals surface area contributed by atoms with Crippen molar-refractivity contribution in [3.8, 4) is 11.5 Å². The smallest absolute Gasteiger partial charge is 0.185 e. The molecule has 2 rings (SSSR count). The Morgan fingerprint density at radius 3 is 2.03 bits per heavy atom. The van der Waals surface area contributed by atoms with Crippen molar-refractivity contribution in [3.63, 3.8) is 0 Å². The molecule has 168 valence electrons. The molecule has 0 saturated carbocycles. The molecule has 1 aliphatic carbocycles. The van der Waals surface area contributed by atoms with Crippen LogP contribution in [0.1, 0.15) is 79.9 Å². The molecule has 3 nitrogen and oxygen atoms in total. The van der Waals surface area contributed by atoms with Gasteiger partial charge in [0.15, 0.2) is 5.78 Å². The topological polar surface area (TPSA) is 35.5 Å². The summed E-state index contributed by atoms with van der Waals surface area (Å²) in [5.41, 5.74) is 1.56. The van der Waals surface area contributed by atoms with Gasteiger partial charge < -0.3 is 9.47 Å². The van der Waals surface area contributed by atoms with Crippen LogP contribution in [0.15, 0.2) is 42.0 Å². The molecular formula is C27H36O3S. The van der Waals surface area contributed by atoms with E-state index in [1.54, 1.807) is 12.2 Å². The average Bonchev–Trinajstić information content (AvgIpc) is 2.57. The van der Waals surface area contributed by atoms with Gasteiger partial charge in [-0.25, -0.2) is 0 Å². The first kappa shape index (κ1) is 25.1. The molecule has 0 spiro atoms. The van der Waals surface area contributed by atoms with Crippen LogP contribution in [0, 0.1) is 0 Å². The molecule has 0 heterocycles. The highest BCUT2D eigenvalue weighted by molar-refractivity contribution is 7.80. The van der Waals surface area contributed by atoms with E-state index in [-0.39, 0.29) is 16.8 Å². The van der Waals surface area contributed by atoms with Crippen LogP contribution in [-0.4, -0.2) is 21.8 Å². The minimum absolute atomic E-state index is 0.0664. The molecule has 0 fully saturated rings. The summed E-state index contributed by atoms with van der Waals surface area (Å²) in [6.07, 6.45) is 9.51. The molecule has 1 aliphatic rings. The Morgan fingerprint density at radius 2 is 1.55 bits per heavy atom. The van der Waals surface area contributed by atoms with Gasteiger partial charge in [-0.3, -0.25) is 4.79 Å². The SMILES string of the molecule is CC(C)(C)Oc1ccc(C(C)(C)C)c(OC(C)(C)C)c1C=CC(=O)C1=CCC(=S)C=C1. The standard InChI is InChI=1S/C27H36O3S/c1-25(2,3)21-15-17-23(29-26(4,5)6)20(24(21)30-27(7,8)9)14-16-22(28)18-10-12-19(31)13-11-18/h10-12,14-17H,13H2,1-9H3. The summed E-state index contributed by atoms with van der Waals surface area (Å²) in [7, 11) is 0. The maximum atomic E-state index is 12.8. The molecule has 0 bridgehead atoms. The predicted molar refractivity (Wildman–Crippen MR) is 134 cm³/mol. The van der Waals surface area contributed by atoms with Crippen LogP contribution >= 0.6 is 12.2 Å². The van der Waals surface area contributed by atoms with Crippen molar-refractivity contribution in [3.05, 3.63) is 53.1 Å². The Morgan fingerprint density at radius 1 is 0.935 bits per heavy atom. The third-order valence-electron chi connectivity index (χ3n) is 4.45. The Kier molecular flexibility index (Phi) is 7.37. The highest BCUT2D eigenvalue weighted by Crippen LogP contribution is 2.42.